The number of nitrogens with zero attached hydrogens (tertiary/aromatic N) is 1. The van der Waals surface area contributed by atoms with Crippen LogP contribution in [0.25, 0.3) is 0 Å². The monoisotopic (exact) mass is 242 g/mol. The predicted octanol–water partition coefficient (Wildman–Crippen LogP) is 1.44. The number of anilines is 2. The van der Waals surface area contributed by atoms with Crippen molar-refractivity contribution in [2.24, 2.45) is 0 Å². The van der Waals surface area contributed by atoms with Crippen molar-refractivity contribution in [1.82, 2.24) is 10.3 Å². The normalized spacial score (nSPS) is 13.2. The maximum absolute atomic E-state index is 11.7. The molecule has 0 aliphatic heterocycles. The summed E-state index contributed by atoms with van der Waals surface area (Å²) >= 11 is 1.33. The van der Waals surface area contributed by atoms with E-state index in [0.717, 1.165) is 0 Å². The second kappa shape index (κ2) is 4.69. The minimum Gasteiger partial charge on any atom is -0.389 e. The molecule has 1 aromatic heterocycles. The number of nitrogens with one attached hydrogen (secondary N) is 2. The van der Waals surface area contributed by atoms with E-state index in [4.69, 9.17) is 5.73 Å². The minimum atomic E-state index is -0.329. The van der Waals surface area contributed by atoms with Gasteiger partial charge in [0.05, 0.1) is 6.20 Å². The van der Waals surface area contributed by atoms with Gasteiger partial charge in [0.2, 0.25) is 5.91 Å². The molecule has 0 saturated carbocycles. The summed E-state index contributed by atoms with van der Waals surface area (Å²) in [4.78, 5) is 15.8. The second-order valence-corrected chi connectivity index (χ2v) is 5.74. The SMILES string of the molecule is CC(Nc1ncc(N)s1)C(=O)NC(C)(C)C. The van der Waals surface area contributed by atoms with Crippen LogP contribution < -0.4 is 16.4 Å². The fourth-order valence-corrected chi connectivity index (χ4v) is 1.75. The van der Waals surface area contributed by atoms with Crippen LogP contribution in [-0.4, -0.2) is 22.5 Å². The molecular weight excluding hydrogens is 224 g/mol. The van der Waals surface area contributed by atoms with Gasteiger partial charge in [-0.15, -0.1) is 0 Å². The van der Waals surface area contributed by atoms with Gasteiger partial charge < -0.3 is 16.4 Å². The van der Waals surface area contributed by atoms with E-state index in [2.05, 4.69) is 15.6 Å². The lowest BCUT2D eigenvalue weighted by atomic mass is 10.1. The number of aromatic nitrogens is 1. The standard InChI is InChI=1S/C10H18N4OS/c1-6(8(15)14-10(2,3)4)13-9-12-5-7(11)16-9/h5-6H,11H2,1-4H3,(H,12,13)(H,14,15). The van der Waals surface area contributed by atoms with Gasteiger partial charge in [-0.25, -0.2) is 4.98 Å². The smallest absolute Gasteiger partial charge is 0.242 e. The molecule has 0 radical (unpaired) electrons. The number of thiazole rings is 1. The highest BCUT2D eigenvalue weighted by molar-refractivity contribution is 7.19. The van der Waals surface area contributed by atoms with Gasteiger partial charge in [0, 0.05) is 5.54 Å². The van der Waals surface area contributed by atoms with Crippen LogP contribution in [0.3, 0.4) is 0 Å². The zero-order valence-electron chi connectivity index (χ0n) is 10.00. The summed E-state index contributed by atoms with van der Waals surface area (Å²) in [6.45, 7) is 7.62. The van der Waals surface area contributed by atoms with E-state index in [-0.39, 0.29) is 17.5 Å². The number of carbonyl (C=O) groups is 1. The third kappa shape index (κ3) is 4.06. The quantitative estimate of drug-likeness (QED) is 0.749. The van der Waals surface area contributed by atoms with Crippen LogP contribution in [0, 0.1) is 0 Å². The molecule has 0 aliphatic carbocycles. The van der Waals surface area contributed by atoms with Crippen LogP contribution in [0.15, 0.2) is 6.20 Å². The highest BCUT2D eigenvalue weighted by Gasteiger charge is 2.19. The number of hydrogen-bond acceptors (Lipinski definition) is 5. The van der Waals surface area contributed by atoms with Crippen LogP contribution in [0.1, 0.15) is 27.7 Å². The number of amides is 1. The molecule has 1 atom stereocenters. The Morgan fingerprint density at radius 2 is 2.19 bits per heavy atom. The van der Waals surface area contributed by atoms with Crippen molar-refractivity contribution in [2.75, 3.05) is 11.1 Å². The van der Waals surface area contributed by atoms with E-state index >= 15 is 0 Å². The Kier molecular flexibility index (Phi) is 3.74. The summed E-state index contributed by atoms with van der Waals surface area (Å²) in [5.74, 6) is -0.0544. The van der Waals surface area contributed by atoms with Crippen molar-refractivity contribution in [3.05, 3.63) is 6.20 Å². The molecular formula is C10H18N4OS. The lowest BCUT2D eigenvalue weighted by Gasteiger charge is -2.23. The molecule has 0 fully saturated rings. The van der Waals surface area contributed by atoms with E-state index in [9.17, 15) is 4.79 Å². The van der Waals surface area contributed by atoms with Crippen molar-refractivity contribution in [3.8, 4) is 0 Å². The van der Waals surface area contributed by atoms with Crippen LogP contribution in [-0.2, 0) is 4.79 Å². The van der Waals surface area contributed by atoms with E-state index in [1.807, 2.05) is 20.8 Å². The van der Waals surface area contributed by atoms with E-state index in [1.54, 1.807) is 13.1 Å². The van der Waals surface area contributed by atoms with Gasteiger partial charge in [-0.2, -0.15) is 0 Å². The van der Waals surface area contributed by atoms with Gasteiger partial charge in [-0.3, -0.25) is 4.79 Å². The highest BCUT2D eigenvalue weighted by Crippen LogP contribution is 2.20. The van der Waals surface area contributed by atoms with Crippen molar-refractivity contribution >= 4 is 27.4 Å². The average molecular weight is 242 g/mol. The Morgan fingerprint density at radius 3 is 2.62 bits per heavy atom. The average Bonchev–Trinajstić information content (AvgIpc) is 2.48. The molecule has 4 N–H and O–H groups in total. The topological polar surface area (TPSA) is 80.0 Å². The first-order valence-corrected chi connectivity index (χ1v) is 5.89. The number of nitrogen functional groups attached to an aromatic ring is 1. The Morgan fingerprint density at radius 1 is 1.56 bits per heavy atom. The number of hydrogen-bond donors (Lipinski definition) is 3. The molecule has 5 nitrogen and oxygen atoms in total. The molecule has 16 heavy (non-hydrogen) atoms. The van der Waals surface area contributed by atoms with Gasteiger partial charge in [-0.1, -0.05) is 11.3 Å². The first-order chi connectivity index (χ1) is 7.28. The number of nitrogens with two attached hydrogens (primary N) is 1. The summed E-state index contributed by atoms with van der Waals surface area (Å²) in [5.41, 5.74) is 5.32. The Hall–Kier alpha value is -1.30. The highest BCUT2D eigenvalue weighted by atomic mass is 32.1. The van der Waals surface area contributed by atoms with Gasteiger partial charge in [0.25, 0.3) is 0 Å². The molecule has 6 heteroatoms. The Balaban J connectivity index is 2.52. The van der Waals surface area contributed by atoms with Crippen LogP contribution in [0.5, 0.6) is 0 Å². The summed E-state index contributed by atoms with van der Waals surface area (Å²) in [6.07, 6.45) is 1.57. The molecule has 1 unspecified atom stereocenters. The molecule has 1 rings (SSSR count). The van der Waals surface area contributed by atoms with Crippen molar-refractivity contribution in [2.45, 2.75) is 39.3 Å². The maximum Gasteiger partial charge on any atom is 0.242 e. The molecule has 90 valence electrons. The molecule has 0 spiro atoms. The second-order valence-electron chi connectivity index (χ2n) is 4.67. The van der Waals surface area contributed by atoms with Gasteiger partial charge in [-0.05, 0) is 27.7 Å². The molecule has 1 amide bonds. The first-order valence-electron chi connectivity index (χ1n) is 5.08. The zero-order valence-corrected chi connectivity index (χ0v) is 10.8. The summed E-state index contributed by atoms with van der Waals surface area (Å²) < 4.78 is 0. The summed E-state index contributed by atoms with van der Waals surface area (Å²) in [6, 6.07) is -0.329. The summed E-state index contributed by atoms with van der Waals surface area (Å²) in [7, 11) is 0. The molecule has 0 saturated heterocycles. The Labute approximate surface area is 99.4 Å². The zero-order chi connectivity index (χ0) is 12.3. The fraction of sp³-hybridized carbons (Fsp3) is 0.600. The third-order valence-corrected chi connectivity index (χ3v) is 2.51. The number of rotatable bonds is 3. The Bertz CT molecular complexity index is 369. The maximum atomic E-state index is 11.7. The lowest BCUT2D eigenvalue weighted by Crippen LogP contribution is -2.47. The van der Waals surface area contributed by atoms with Crippen LogP contribution >= 0.6 is 11.3 Å². The molecule has 0 bridgehead atoms. The minimum absolute atomic E-state index is 0.0544. The lowest BCUT2D eigenvalue weighted by molar-refractivity contribution is -0.122. The first kappa shape index (κ1) is 12.8. The van der Waals surface area contributed by atoms with Crippen LogP contribution in [0.4, 0.5) is 10.1 Å². The van der Waals surface area contributed by atoms with Gasteiger partial charge in [0.1, 0.15) is 11.0 Å². The van der Waals surface area contributed by atoms with Gasteiger partial charge in [0.15, 0.2) is 5.13 Å². The van der Waals surface area contributed by atoms with E-state index < -0.39 is 0 Å². The molecule has 0 aromatic carbocycles. The van der Waals surface area contributed by atoms with Crippen LogP contribution in [0.2, 0.25) is 0 Å². The number of carbonyl (C=O) groups excluding carboxylic acids is 1. The molecule has 0 aliphatic rings. The van der Waals surface area contributed by atoms with E-state index in [1.165, 1.54) is 11.3 Å². The largest absolute Gasteiger partial charge is 0.389 e. The summed E-state index contributed by atoms with van der Waals surface area (Å²) in [5, 5.41) is 7.18. The fourth-order valence-electron chi connectivity index (χ4n) is 1.08. The molecule has 1 heterocycles. The van der Waals surface area contributed by atoms with Crippen molar-refractivity contribution < 1.29 is 4.79 Å². The van der Waals surface area contributed by atoms with Crippen molar-refractivity contribution in [3.63, 3.8) is 0 Å². The van der Waals surface area contributed by atoms with E-state index in [0.29, 0.717) is 10.1 Å². The molecule has 1 aromatic rings. The van der Waals surface area contributed by atoms with Gasteiger partial charge >= 0.3 is 0 Å². The van der Waals surface area contributed by atoms with Crippen molar-refractivity contribution in [1.29, 1.82) is 0 Å². The third-order valence-electron chi connectivity index (χ3n) is 1.76. The predicted molar refractivity (Wildman–Crippen MR) is 67.5 cm³/mol.